The highest BCUT2D eigenvalue weighted by molar-refractivity contribution is 5.67. The Balaban J connectivity index is 2.40. The summed E-state index contributed by atoms with van der Waals surface area (Å²) in [7, 11) is 2.04. The van der Waals surface area contributed by atoms with Crippen molar-refractivity contribution in [2.24, 2.45) is 0 Å². The van der Waals surface area contributed by atoms with Crippen molar-refractivity contribution in [3.63, 3.8) is 0 Å². The predicted molar refractivity (Wildman–Crippen MR) is 52.2 cm³/mol. The molecule has 14 heavy (non-hydrogen) atoms. The Labute approximate surface area is 83.9 Å². The molecule has 0 aliphatic carbocycles. The van der Waals surface area contributed by atoms with Crippen LogP contribution in [0.15, 0.2) is 0 Å². The third kappa shape index (κ3) is 3.25. The van der Waals surface area contributed by atoms with Crippen molar-refractivity contribution in [2.45, 2.75) is 12.5 Å². The number of likely N-dealkylation sites (N-methyl/N-ethyl adjacent to an activating group) is 1. The molecular formula is C9H18N2O3. The molecule has 5 heteroatoms. The van der Waals surface area contributed by atoms with Crippen LogP contribution in [0.1, 0.15) is 6.42 Å². The minimum atomic E-state index is -0.844. The van der Waals surface area contributed by atoms with Crippen LogP contribution >= 0.6 is 0 Å². The summed E-state index contributed by atoms with van der Waals surface area (Å²) < 4.78 is 0. The van der Waals surface area contributed by atoms with Crippen molar-refractivity contribution in [3.8, 4) is 0 Å². The van der Waals surface area contributed by atoms with Crippen LogP contribution in [0.4, 0.5) is 0 Å². The average Bonchev–Trinajstić information content (AvgIpc) is 2.15. The van der Waals surface area contributed by atoms with Crippen LogP contribution < -0.4 is 0 Å². The number of aliphatic carboxylic acids is 1. The van der Waals surface area contributed by atoms with Crippen LogP contribution in [0.25, 0.3) is 0 Å². The van der Waals surface area contributed by atoms with Gasteiger partial charge in [0.05, 0.1) is 13.0 Å². The van der Waals surface area contributed by atoms with Gasteiger partial charge in [-0.2, -0.15) is 0 Å². The third-order valence-corrected chi connectivity index (χ3v) is 2.68. The molecule has 2 N–H and O–H groups in total. The minimum Gasteiger partial charge on any atom is -0.481 e. The Morgan fingerprint density at radius 3 is 2.36 bits per heavy atom. The summed E-state index contributed by atoms with van der Waals surface area (Å²) in [6.07, 6.45) is 0.0280. The molecule has 1 heterocycles. The van der Waals surface area contributed by atoms with E-state index in [0.717, 1.165) is 26.2 Å². The molecule has 0 bridgehead atoms. The van der Waals surface area contributed by atoms with Crippen LogP contribution in [0.3, 0.4) is 0 Å². The maximum atomic E-state index is 10.5. The molecule has 1 unspecified atom stereocenters. The van der Waals surface area contributed by atoms with Crippen LogP contribution in [0.5, 0.6) is 0 Å². The molecule has 82 valence electrons. The summed E-state index contributed by atoms with van der Waals surface area (Å²) in [4.78, 5) is 14.8. The lowest BCUT2D eigenvalue weighted by Gasteiger charge is -2.36. The van der Waals surface area contributed by atoms with Crippen molar-refractivity contribution in [3.05, 3.63) is 0 Å². The van der Waals surface area contributed by atoms with Gasteiger partial charge in [-0.1, -0.05) is 0 Å². The van der Waals surface area contributed by atoms with Gasteiger partial charge in [0, 0.05) is 32.2 Å². The van der Waals surface area contributed by atoms with Crippen LogP contribution in [-0.4, -0.2) is 71.9 Å². The molecule has 1 aliphatic rings. The number of rotatable bonds is 4. The van der Waals surface area contributed by atoms with Gasteiger partial charge in [0.15, 0.2) is 0 Å². The molecule has 1 aliphatic heterocycles. The zero-order valence-electron chi connectivity index (χ0n) is 8.52. The fourth-order valence-corrected chi connectivity index (χ4v) is 1.70. The normalized spacial score (nSPS) is 22.1. The lowest BCUT2D eigenvalue weighted by Crippen LogP contribution is -2.50. The highest BCUT2D eigenvalue weighted by Gasteiger charge is 2.23. The molecule has 5 nitrogen and oxygen atoms in total. The standard InChI is InChI=1S/C9H18N2O3/c1-10-2-4-11(5-3-10)8(7-12)6-9(13)14/h8,12H,2-7H2,1H3,(H,13,14). The molecule has 0 spiro atoms. The first-order chi connectivity index (χ1) is 6.63. The monoisotopic (exact) mass is 202 g/mol. The van der Waals surface area contributed by atoms with E-state index in [0.29, 0.717) is 0 Å². The second-order valence-corrected chi connectivity index (χ2v) is 3.77. The summed E-state index contributed by atoms with van der Waals surface area (Å²) in [5.41, 5.74) is 0. The van der Waals surface area contributed by atoms with Crippen LogP contribution in [0.2, 0.25) is 0 Å². The van der Waals surface area contributed by atoms with E-state index in [1.165, 1.54) is 0 Å². The molecule has 1 rings (SSSR count). The van der Waals surface area contributed by atoms with E-state index in [4.69, 9.17) is 10.2 Å². The Morgan fingerprint density at radius 1 is 1.36 bits per heavy atom. The third-order valence-electron chi connectivity index (χ3n) is 2.68. The highest BCUT2D eigenvalue weighted by Crippen LogP contribution is 2.07. The predicted octanol–water partition coefficient (Wildman–Crippen LogP) is -0.931. The molecular weight excluding hydrogens is 184 g/mol. The Kier molecular flexibility index (Phi) is 4.31. The minimum absolute atomic E-state index is 0.0280. The zero-order chi connectivity index (χ0) is 10.6. The number of piperazine rings is 1. The van der Waals surface area contributed by atoms with Crippen molar-refractivity contribution >= 4 is 5.97 Å². The van der Waals surface area contributed by atoms with E-state index >= 15 is 0 Å². The molecule has 1 saturated heterocycles. The van der Waals surface area contributed by atoms with Gasteiger partial charge in [0.25, 0.3) is 0 Å². The van der Waals surface area contributed by atoms with Gasteiger partial charge in [0.2, 0.25) is 0 Å². The summed E-state index contributed by atoms with van der Waals surface area (Å²) in [5, 5.41) is 17.7. The number of carboxylic acid groups (broad SMARTS) is 1. The van der Waals surface area contributed by atoms with Gasteiger partial charge in [-0.25, -0.2) is 0 Å². The largest absolute Gasteiger partial charge is 0.481 e. The number of carbonyl (C=O) groups is 1. The highest BCUT2D eigenvalue weighted by atomic mass is 16.4. The average molecular weight is 202 g/mol. The molecule has 0 aromatic rings. The quantitative estimate of drug-likeness (QED) is 0.616. The molecule has 0 aromatic carbocycles. The first-order valence-electron chi connectivity index (χ1n) is 4.88. The SMILES string of the molecule is CN1CCN(C(CO)CC(=O)O)CC1. The van der Waals surface area contributed by atoms with Crippen LogP contribution in [-0.2, 0) is 4.79 Å². The van der Waals surface area contributed by atoms with Crippen LogP contribution in [0, 0.1) is 0 Å². The van der Waals surface area contributed by atoms with E-state index in [2.05, 4.69) is 4.90 Å². The second kappa shape index (κ2) is 5.29. The molecule has 0 saturated carbocycles. The van der Waals surface area contributed by atoms with E-state index in [1.807, 2.05) is 11.9 Å². The fourth-order valence-electron chi connectivity index (χ4n) is 1.70. The van der Waals surface area contributed by atoms with Gasteiger partial charge in [-0.15, -0.1) is 0 Å². The molecule has 0 amide bonds. The summed E-state index contributed by atoms with van der Waals surface area (Å²) in [5.74, 6) is -0.844. The smallest absolute Gasteiger partial charge is 0.305 e. The van der Waals surface area contributed by atoms with Gasteiger partial charge >= 0.3 is 5.97 Å². The van der Waals surface area contributed by atoms with Crippen molar-refractivity contribution in [1.82, 2.24) is 9.80 Å². The number of nitrogens with zero attached hydrogens (tertiary/aromatic N) is 2. The Morgan fingerprint density at radius 2 is 1.93 bits per heavy atom. The molecule has 0 aromatic heterocycles. The maximum absolute atomic E-state index is 10.5. The molecule has 0 radical (unpaired) electrons. The van der Waals surface area contributed by atoms with E-state index in [1.54, 1.807) is 0 Å². The second-order valence-electron chi connectivity index (χ2n) is 3.77. The van der Waals surface area contributed by atoms with Crippen molar-refractivity contribution in [1.29, 1.82) is 0 Å². The van der Waals surface area contributed by atoms with Crippen molar-refractivity contribution < 1.29 is 15.0 Å². The fraction of sp³-hybridized carbons (Fsp3) is 0.889. The lowest BCUT2D eigenvalue weighted by atomic mass is 10.1. The van der Waals surface area contributed by atoms with Gasteiger partial charge in [-0.3, -0.25) is 9.69 Å². The topological polar surface area (TPSA) is 64.0 Å². The maximum Gasteiger partial charge on any atom is 0.305 e. The first-order valence-corrected chi connectivity index (χ1v) is 4.88. The summed E-state index contributed by atoms with van der Waals surface area (Å²) >= 11 is 0. The number of aliphatic hydroxyl groups excluding tert-OH is 1. The molecule has 1 atom stereocenters. The Hall–Kier alpha value is -0.650. The van der Waals surface area contributed by atoms with E-state index in [9.17, 15) is 4.79 Å². The van der Waals surface area contributed by atoms with E-state index < -0.39 is 5.97 Å². The number of carboxylic acids is 1. The number of hydrogen-bond donors (Lipinski definition) is 2. The van der Waals surface area contributed by atoms with E-state index in [-0.39, 0.29) is 19.1 Å². The number of hydrogen-bond acceptors (Lipinski definition) is 4. The van der Waals surface area contributed by atoms with Crippen molar-refractivity contribution in [2.75, 3.05) is 39.8 Å². The first kappa shape index (κ1) is 11.4. The van der Waals surface area contributed by atoms with Gasteiger partial charge in [-0.05, 0) is 7.05 Å². The lowest BCUT2D eigenvalue weighted by molar-refractivity contribution is -0.139. The van der Waals surface area contributed by atoms with Gasteiger partial charge in [0.1, 0.15) is 0 Å². The number of aliphatic hydroxyl groups is 1. The Bertz CT molecular complexity index is 190. The zero-order valence-corrected chi connectivity index (χ0v) is 8.52. The summed E-state index contributed by atoms with van der Waals surface area (Å²) in [6, 6.07) is -0.221. The molecule has 1 fully saturated rings. The summed E-state index contributed by atoms with van der Waals surface area (Å²) in [6.45, 7) is 3.49. The van der Waals surface area contributed by atoms with Gasteiger partial charge < -0.3 is 15.1 Å².